The van der Waals surface area contributed by atoms with E-state index in [2.05, 4.69) is 5.32 Å². The number of rotatable bonds is 6. The van der Waals surface area contributed by atoms with E-state index in [0.29, 0.717) is 11.3 Å². The smallest absolute Gasteiger partial charge is 0.338 e. The van der Waals surface area contributed by atoms with Crippen LogP contribution >= 0.6 is 0 Å². The van der Waals surface area contributed by atoms with E-state index in [9.17, 15) is 18.0 Å². The largest absolute Gasteiger partial charge is 0.462 e. The Bertz CT molecular complexity index is 690. The number of carbonyl (C=O) groups excluding carboxylic acids is 2. The SMILES string of the molecule is CCOC(=O)c1ccc(NC(=O)CN(C(C)(C)C)S(C)(=O)=O)cc1. The number of nitrogens with zero attached hydrogens (tertiary/aromatic N) is 1. The molecule has 0 aliphatic heterocycles. The summed E-state index contributed by atoms with van der Waals surface area (Å²) in [4.78, 5) is 23.7. The third kappa shape index (κ3) is 5.93. The Kier molecular flexibility index (Phi) is 6.50. The number of nitrogens with one attached hydrogen (secondary N) is 1. The molecule has 1 N–H and O–H groups in total. The van der Waals surface area contributed by atoms with E-state index < -0.39 is 27.4 Å². The highest BCUT2D eigenvalue weighted by molar-refractivity contribution is 7.88. The van der Waals surface area contributed by atoms with Gasteiger partial charge in [-0.25, -0.2) is 13.2 Å². The molecule has 134 valence electrons. The molecular formula is C16H24N2O5S. The van der Waals surface area contributed by atoms with Crippen LogP contribution in [0.15, 0.2) is 24.3 Å². The fourth-order valence-electron chi connectivity index (χ4n) is 2.09. The molecule has 7 nitrogen and oxygen atoms in total. The Morgan fingerprint density at radius 1 is 1.17 bits per heavy atom. The lowest BCUT2D eigenvalue weighted by atomic mass is 10.1. The van der Waals surface area contributed by atoms with Crippen molar-refractivity contribution in [1.29, 1.82) is 0 Å². The van der Waals surface area contributed by atoms with Crippen LogP contribution in [0.25, 0.3) is 0 Å². The number of anilines is 1. The maximum Gasteiger partial charge on any atom is 0.338 e. The number of ether oxygens (including phenoxy) is 1. The molecule has 0 aromatic heterocycles. The molecule has 0 aliphatic rings. The molecule has 0 atom stereocenters. The fourth-order valence-corrected chi connectivity index (χ4v) is 3.43. The molecule has 0 aliphatic carbocycles. The fraction of sp³-hybridized carbons (Fsp3) is 0.500. The van der Waals surface area contributed by atoms with Gasteiger partial charge in [-0.05, 0) is 52.0 Å². The number of benzene rings is 1. The van der Waals surface area contributed by atoms with Crippen LogP contribution in [0.2, 0.25) is 0 Å². The van der Waals surface area contributed by atoms with Gasteiger partial charge in [0, 0.05) is 11.2 Å². The molecule has 24 heavy (non-hydrogen) atoms. The summed E-state index contributed by atoms with van der Waals surface area (Å²) in [6.45, 7) is 6.86. The van der Waals surface area contributed by atoms with Crippen molar-refractivity contribution in [2.24, 2.45) is 0 Å². The molecule has 1 aromatic carbocycles. The number of carbonyl (C=O) groups is 2. The quantitative estimate of drug-likeness (QED) is 0.786. The average molecular weight is 356 g/mol. The van der Waals surface area contributed by atoms with E-state index in [0.717, 1.165) is 10.6 Å². The minimum Gasteiger partial charge on any atom is -0.462 e. The number of sulfonamides is 1. The van der Waals surface area contributed by atoms with Gasteiger partial charge in [0.2, 0.25) is 15.9 Å². The summed E-state index contributed by atoms with van der Waals surface area (Å²) in [7, 11) is -3.52. The van der Waals surface area contributed by atoms with E-state index >= 15 is 0 Å². The number of hydrogen-bond donors (Lipinski definition) is 1. The van der Waals surface area contributed by atoms with Crippen LogP contribution in [0.4, 0.5) is 5.69 Å². The summed E-state index contributed by atoms with van der Waals surface area (Å²) >= 11 is 0. The van der Waals surface area contributed by atoms with Gasteiger partial charge in [0.05, 0.1) is 25.0 Å². The summed E-state index contributed by atoms with van der Waals surface area (Å²) in [5, 5.41) is 2.62. The van der Waals surface area contributed by atoms with Crippen molar-refractivity contribution in [3.8, 4) is 0 Å². The minimum atomic E-state index is -3.52. The van der Waals surface area contributed by atoms with Crippen LogP contribution in [-0.2, 0) is 19.6 Å². The summed E-state index contributed by atoms with van der Waals surface area (Å²) in [5.74, 6) is -0.898. The molecule has 0 radical (unpaired) electrons. The Morgan fingerprint density at radius 2 is 1.71 bits per heavy atom. The van der Waals surface area contributed by atoms with Crippen LogP contribution in [0, 0.1) is 0 Å². The first-order valence-corrected chi connectivity index (χ1v) is 9.35. The van der Waals surface area contributed by atoms with Crippen molar-refractivity contribution < 1.29 is 22.7 Å². The highest BCUT2D eigenvalue weighted by Gasteiger charge is 2.31. The summed E-state index contributed by atoms with van der Waals surface area (Å²) in [5.41, 5.74) is 0.135. The molecule has 0 saturated heterocycles. The van der Waals surface area contributed by atoms with E-state index in [-0.39, 0.29) is 13.2 Å². The predicted octanol–water partition coefficient (Wildman–Crippen LogP) is 1.86. The van der Waals surface area contributed by atoms with Crippen LogP contribution < -0.4 is 5.32 Å². The second-order valence-electron chi connectivity index (χ2n) is 6.29. The summed E-state index contributed by atoms with van der Waals surface area (Å²) in [6.07, 6.45) is 1.07. The normalized spacial score (nSPS) is 12.1. The molecule has 8 heteroatoms. The van der Waals surface area contributed by atoms with Crippen LogP contribution in [0.5, 0.6) is 0 Å². The second-order valence-corrected chi connectivity index (χ2v) is 8.19. The maximum atomic E-state index is 12.1. The monoisotopic (exact) mass is 356 g/mol. The van der Waals surface area contributed by atoms with Crippen molar-refractivity contribution in [3.63, 3.8) is 0 Å². The lowest BCUT2D eigenvalue weighted by molar-refractivity contribution is -0.117. The first-order chi connectivity index (χ1) is 10.9. The Balaban J connectivity index is 2.79. The van der Waals surface area contributed by atoms with E-state index in [1.807, 2.05) is 0 Å². The topological polar surface area (TPSA) is 92.8 Å². The molecule has 1 amide bonds. The van der Waals surface area contributed by atoms with Gasteiger partial charge in [-0.3, -0.25) is 4.79 Å². The van der Waals surface area contributed by atoms with Crippen molar-refractivity contribution in [2.45, 2.75) is 33.2 Å². The molecule has 1 rings (SSSR count). The number of hydrogen-bond acceptors (Lipinski definition) is 5. The Hall–Kier alpha value is -1.93. The van der Waals surface area contributed by atoms with Crippen LogP contribution in [0.1, 0.15) is 38.1 Å². The van der Waals surface area contributed by atoms with Crippen molar-refractivity contribution in [3.05, 3.63) is 29.8 Å². The second kappa shape index (κ2) is 7.76. The zero-order valence-electron chi connectivity index (χ0n) is 14.6. The predicted molar refractivity (Wildman–Crippen MR) is 92.3 cm³/mol. The lowest BCUT2D eigenvalue weighted by Gasteiger charge is -2.32. The van der Waals surface area contributed by atoms with Gasteiger partial charge in [0.1, 0.15) is 0 Å². The van der Waals surface area contributed by atoms with E-state index in [1.54, 1.807) is 39.8 Å². The van der Waals surface area contributed by atoms with Crippen molar-refractivity contribution in [2.75, 3.05) is 24.7 Å². The molecule has 0 unspecified atom stereocenters. The van der Waals surface area contributed by atoms with Gasteiger partial charge in [0.15, 0.2) is 0 Å². The molecule has 1 aromatic rings. The van der Waals surface area contributed by atoms with E-state index in [4.69, 9.17) is 4.74 Å². The highest BCUT2D eigenvalue weighted by Crippen LogP contribution is 2.17. The van der Waals surface area contributed by atoms with Gasteiger partial charge >= 0.3 is 5.97 Å². The zero-order valence-corrected chi connectivity index (χ0v) is 15.4. The molecule has 0 bridgehead atoms. The highest BCUT2D eigenvalue weighted by atomic mass is 32.2. The average Bonchev–Trinajstić information content (AvgIpc) is 2.43. The lowest BCUT2D eigenvalue weighted by Crippen LogP contribution is -2.48. The zero-order chi connectivity index (χ0) is 18.5. The summed E-state index contributed by atoms with van der Waals surface area (Å²) < 4.78 is 29.7. The van der Waals surface area contributed by atoms with E-state index in [1.165, 1.54) is 12.1 Å². The Morgan fingerprint density at radius 3 is 2.12 bits per heavy atom. The third-order valence-electron chi connectivity index (χ3n) is 3.12. The molecule has 0 saturated carbocycles. The Labute approximate surface area is 143 Å². The van der Waals surface area contributed by atoms with Crippen molar-refractivity contribution in [1.82, 2.24) is 4.31 Å². The van der Waals surface area contributed by atoms with Gasteiger partial charge in [-0.2, -0.15) is 4.31 Å². The molecule has 0 spiro atoms. The van der Waals surface area contributed by atoms with Gasteiger partial charge in [-0.1, -0.05) is 0 Å². The molecule has 0 fully saturated rings. The first-order valence-electron chi connectivity index (χ1n) is 7.50. The number of amides is 1. The maximum absolute atomic E-state index is 12.1. The van der Waals surface area contributed by atoms with Crippen molar-refractivity contribution >= 4 is 27.6 Å². The molecular weight excluding hydrogens is 332 g/mol. The minimum absolute atomic E-state index is 0.283. The standard InChI is InChI=1S/C16H24N2O5S/c1-6-23-15(20)12-7-9-13(10-8-12)17-14(19)11-18(16(2,3)4)24(5,21)22/h7-10H,6,11H2,1-5H3,(H,17,19). The van der Waals surface area contributed by atoms with Gasteiger partial charge in [0.25, 0.3) is 0 Å². The molecule has 0 heterocycles. The third-order valence-corrected chi connectivity index (χ3v) is 4.59. The van der Waals surface area contributed by atoms with Gasteiger partial charge in [-0.15, -0.1) is 0 Å². The van der Waals surface area contributed by atoms with Crippen LogP contribution in [-0.4, -0.2) is 49.5 Å². The van der Waals surface area contributed by atoms with Gasteiger partial charge < -0.3 is 10.1 Å². The van der Waals surface area contributed by atoms with Crippen LogP contribution in [0.3, 0.4) is 0 Å². The number of esters is 1. The first kappa shape index (κ1) is 20.1. The summed E-state index contributed by atoms with van der Waals surface area (Å²) in [6, 6.07) is 6.19.